The third-order valence-electron chi connectivity index (χ3n) is 3.70. The molecule has 0 bridgehead atoms. The van der Waals surface area contributed by atoms with Gasteiger partial charge in [0.25, 0.3) is 5.91 Å². The number of hydrogen-bond donors (Lipinski definition) is 2. The smallest absolute Gasteiger partial charge is 0.275 e. The van der Waals surface area contributed by atoms with Crippen LogP contribution in [0.2, 0.25) is 5.02 Å². The fourth-order valence-corrected chi connectivity index (χ4v) is 2.33. The molecule has 0 fully saturated rings. The van der Waals surface area contributed by atoms with E-state index >= 15 is 0 Å². The van der Waals surface area contributed by atoms with Gasteiger partial charge in [-0.2, -0.15) is 0 Å². The molecule has 0 aliphatic heterocycles. The van der Waals surface area contributed by atoms with Gasteiger partial charge in [0.2, 0.25) is 0 Å². The van der Waals surface area contributed by atoms with Crippen molar-refractivity contribution in [1.82, 2.24) is 5.32 Å². The van der Waals surface area contributed by atoms with Gasteiger partial charge in [-0.15, -0.1) is 0 Å². The van der Waals surface area contributed by atoms with Gasteiger partial charge in [0.05, 0.1) is 7.11 Å². The van der Waals surface area contributed by atoms with Crippen molar-refractivity contribution >= 4 is 17.5 Å². The van der Waals surface area contributed by atoms with Crippen LogP contribution in [-0.4, -0.2) is 19.6 Å². The summed E-state index contributed by atoms with van der Waals surface area (Å²) in [6, 6.07) is 15.6. The first-order chi connectivity index (χ1) is 11.1. The minimum atomic E-state index is 0.0154. The van der Waals surface area contributed by atoms with Crippen molar-refractivity contribution in [2.45, 2.75) is 19.5 Å². The maximum Gasteiger partial charge on any atom is 0.275 e. The molecule has 0 saturated carbocycles. The van der Waals surface area contributed by atoms with Gasteiger partial charge in [-0.25, -0.2) is 0 Å². The average molecular weight is 334 g/mol. The number of carbonyl (C=O) groups excluding carboxylic acids is 1. The maximum atomic E-state index is 11.9. The molecule has 2 aromatic rings. The number of halogens is 1. The van der Waals surface area contributed by atoms with E-state index < -0.39 is 0 Å². The summed E-state index contributed by atoms with van der Waals surface area (Å²) in [5.74, 6) is 0.826. The second-order valence-corrected chi connectivity index (χ2v) is 5.84. The van der Waals surface area contributed by atoms with Crippen molar-refractivity contribution in [3.05, 3.63) is 64.7 Å². The largest absolute Gasteiger partial charge is 0.497 e. The maximum absolute atomic E-state index is 11.9. The molecule has 3 N–H and O–H groups in total. The molecular formula is C18H22ClN2O2+. The number of hydrogen-bond acceptors (Lipinski definition) is 2. The van der Waals surface area contributed by atoms with E-state index in [4.69, 9.17) is 16.3 Å². The van der Waals surface area contributed by atoms with Gasteiger partial charge in [-0.1, -0.05) is 35.9 Å². The molecule has 0 saturated heterocycles. The van der Waals surface area contributed by atoms with Gasteiger partial charge in [0.1, 0.15) is 11.8 Å². The van der Waals surface area contributed by atoms with E-state index in [2.05, 4.69) is 12.2 Å². The molecule has 0 aliphatic carbocycles. The predicted octanol–water partition coefficient (Wildman–Crippen LogP) is 2.29. The van der Waals surface area contributed by atoms with Crippen LogP contribution >= 0.6 is 11.6 Å². The lowest BCUT2D eigenvalue weighted by atomic mass is 10.1. The highest BCUT2D eigenvalue weighted by atomic mass is 35.5. The van der Waals surface area contributed by atoms with Crippen LogP contribution in [0.5, 0.6) is 5.75 Å². The zero-order valence-electron chi connectivity index (χ0n) is 13.4. The van der Waals surface area contributed by atoms with Crippen LogP contribution < -0.4 is 15.4 Å². The van der Waals surface area contributed by atoms with E-state index in [9.17, 15) is 4.79 Å². The monoisotopic (exact) mass is 333 g/mol. The molecule has 0 aliphatic rings. The molecule has 2 aromatic carbocycles. The van der Waals surface area contributed by atoms with Crippen molar-refractivity contribution in [2.24, 2.45) is 0 Å². The van der Waals surface area contributed by atoms with Crippen LogP contribution in [0.15, 0.2) is 48.5 Å². The number of benzene rings is 2. The van der Waals surface area contributed by atoms with Gasteiger partial charge in [0, 0.05) is 17.1 Å². The van der Waals surface area contributed by atoms with Crippen molar-refractivity contribution in [1.29, 1.82) is 0 Å². The van der Waals surface area contributed by atoms with Crippen LogP contribution in [-0.2, 0) is 11.3 Å². The Morgan fingerprint density at radius 1 is 1.17 bits per heavy atom. The fourth-order valence-electron chi connectivity index (χ4n) is 2.20. The zero-order valence-corrected chi connectivity index (χ0v) is 14.1. The van der Waals surface area contributed by atoms with Crippen molar-refractivity contribution < 1.29 is 14.8 Å². The first-order valence-corrected chi connectivity index (χ1v) is 7.94. The summed E-state index contributed by atoms with van der Waals surface area (Å²) in [6.07, 6.45) is 0. The first kappa shape index (κ1) is 17.3. The molecular weight excluding hydrogens is 312 g/mol. The normalized spacial score (nSPS) is 11.8. The predicted molar refractivity (Wildman–Crippen MR) is 91.5 cm³/mol. The summed E-state index contributed by atoms with van der Waals surface area (Å²) in [4.78, 5) is 11.9. The van der Waals surface area contributed by atoms with Crippen molar-refractivity contribution in [2.75, 3.05) is 13.7 Å². The second kappa shape index (κ2) is 8.56. The summed E-state index contributed by atoms with van der Waals surface area (Å²) in [5.41, 5.74) is 2.20. The number of methoxy groups -OCH3 is 1. The van der Waals surface area contributed by atoms with E-state index in [1.165, 1.54) is 0 Å². The number of nitrogens with two attached hydrogens (primary N) is 1. The highest BCUT2D eigenvalue weighted by Crippen LogP contribution is 2.13. The van der Waals surface area contributed by atoms with E-state index in [0.717, 1.165) is 21.9 Å². The Labute approximate surface area is 141 Å². The Morgan fingerprint density at radius 3 is 2.43 bits per heavy atom. The lowest BCUT2D eigenvalue weighted by Crippen LogP contribution is -2.87. The number of carbonyl (C=O) groups is 1. The fraction of sp³-hybridized carbons (Fsp3) is 0.278. The molecule has 2 rings (SSSR count). The molecule has 0 unspecified atom stereocenters. The van der Waals surface area contributed by atoms with Crippen LogP contribution in [0.25, 0.3) is 0 Å². The third-order valence-corrected chi connectivity index (χ3v) is 3.95. The highest BCUT2D eigenvalue weighted by molar-refractivity contribution is 6.30. The lowest BCUT2D eigenvalue weighted by Gasteiger charge is -2.11. The molecule has 0 aromatic heterocycles. The van der Waals surface area contributed by atoms with Crippen LogP contribution in [0.1, 0.15) is 24.1 Å². The lowest BCUT2D eigenvalue weighted by molar-refractivity contribution is -0.682. The Bertz CT molecular complexity index is 626. The summed E-state index contributed by atoms with van der Waals surface area (Å²) in [5, 5.41) is 5.65. The Balaban J connectivity index is 1.74. The molecule has 0 radical (unpaired) electrons. The first-order valence-electron chi connectivity index (χ1n) is 7.57. The molecule has 4 nitrogen and oxygen atoms in total. The highest BCUT2D eigenvalue weighted by Gasteiger charge is 2.11. The van der Waals surface area contributed by atoms with E-state index in [1.807, 2.05) is 53.8 Å². The molecule has 1 atom stereocenters. The zero-order chi connectivity index (χ0) is 16.7. The number of ether oxygens (including phenoxy) is 1. The molecule has 23 heavy (non-hydrogen) atoms. The standard InChI is InChI=1S/C18H21ClN2O2/c1-13(15-5-7-16(19)8-6-15)20-12-18(22)21-11-14-3-9-17(23-2)10-4-14/h3-10,13,20H,11-12H2,1-2H3,(H,21,22)/p+1/t13-/m0/s1. The minimum Gasteiger partial charge on any atom is -0.497 e. The Hall–Kier alpha value is -2.04. The summed E-state index contributed by atoms with van der Waals surface area (Å²) >= 11 is 5.88. The van der Waals surface area contributed by atoms with Gasteiger partial charge in [0.15, 0.2) is 6.54 Å². The van der Waals surface area contributed by atoms with Crippen LogP contribution in [0.3, 0.4) is 0 Å². The molecule has 1 amide bonds. The van der Waals surface area contributed by atoms with Gasteiger partial charge < -0.3 is 15.4 Å². The second-order valence-electron chi connectivity index (χ2n) is 5.40. The Kier molecular flexibility index (Phi) is 6.44. The Morgan fingerprint density at radius 2 is 1.83 bits per heavy atom. The van der Waals surface area contributed by atoms with Gasteiger partial charge in [-0.3, -0.25) is 4.79 Å². The van der Waals surface area contributed by atoms with Gasteiger partial charge in [-0.05, 0) is 36.8 Å². The molecule has 0 heterocycles. The minimum absolute atomic E-state index is 0.0154. The molecule has 122 valence electrons. The topological polar surface area (TPSA) is 54.9 Å². The van der Waals surface area contributed by atoms with E-state index in [1.54, 1.807) is 7.11 Å². The summed E-state index contributed by atoms with van der Waals surface area (Å²) in [7, 11) is 1.63. The summed E-state index contributed by atoms with van der Waals surface area (Å²) < 4.78 is 5.11. The SMILES string of the molecule is COc1ccc(CNC(=O)C[NH2+][C@@H](C)c2ccc(Cl)cc2)cc1. The van der Waals surface area contributed by atoms with Crippen molar-refractivity contribution in [3.8, 4) is 5.75 Å². The quantitative estimate of drug-likeness (QED) is 0.817. The molecule has 5 heteroatoms. The number of nitrogens with one attached hydrogen (secondary N) is 1. The van der Waals surface area contributed by atoms with Crippen LogP contribution in [0, 0.1) is 0 Å². The van der Waals surface area contributed by atoms with E-state index in [0.29, 0.717) is 13.1 Å². The van der Waals surface area contributed by atoms with Crippen LogP contribution in [0.4, 0.5) is 0 Å². The third kappa shape index (κ3) is 5.58. The van der Waals surface area contributed by atoms with E-state index in [-0.39, 0.29) is 11.9 Å². The molecule has 0 spiro atoms. The summed E-state index contributed by atoms with van der Waals surface area (Å²) in [6.45, 7) is 2.98. The average Bonchev–Trinajstić information content (AvgIpc) is 2.59. The van der Waals surface area contributed by atoms with Gasteiger partial charge >= 0.3 is 0 Å². The number of rotatable bonds is 7. The number of quaternary nitrogens is 1. The number of amides is 1. The van der Waals surface area contributed by atoms with Crippen molar-refractivity contribution in [3.63, 3.8) is 0 Å².